The molecule has 0 bridgehead atoms. The van der Waals surface area contributed by atoms with E-state index in [-0.39, 0.29) is 0 Å². The molecule has 0 atom stereocenters. The van der Waals surface area contributed by atoms with Crippen molar-refractivity contribution in [1.82, 2.24) is 24.8 Å². The molecule has 0 amide bonds. The highest BCUT2D eigenvalue weighted by molar-refractivity contribution is 5.54. The van der Waals surface area contributed by atoms with E-state index in [2.05, 4.69) is 24.8 Å². The van der Waals surface area contributed by atoms with Gasteiger partial charge in [-0.1, -0.05) is 6.07 Å². The molecule has 0 N–H and O–H groups in total. The maximum atomic E-state index is 12.6. The second-order valence-corrected chi connectivity index (χ2v) is 6.41. The number of nitrogens with zero attached hydrogens (tertiary/aromatic N) is 5. The Morgan fingerprint density at radius 1 is 1.00 bits per heavy atom. The van der Waals surface area contributed by atoms with E-state index in [9.17, 15) is 13.2 Å². The van der Waals surface area contributed by atoms with Crippen LogP contribution in [0.3, 0.4) is 0 Å². The number of pyridine rings is 2. The molecule has 4 rings (SSSR count). The summed E-state index contributed by atoms with van der Waals surface area (Å²) in [6.07, 6.45) is 2.89. The molecule has 0 aromatic carbocycles. The lowest BCUT2D eigenvalue weighted by Gasteiger charge is -2.28. The van der Waals surface area contributed by atoms with Gasteiger partial charge in [0, 0.05) is 62.0 Å². The number of hydrogen-bond acceptors (Lipinski definition) is 5. The molecule has 8 heteroatoms. The predicted molar refractivity (Wildman–Crippen MR) is 92.3 cm³/mol. The van der Waals surface area contributed by atoms with E-state index in [1.165, 1.54) is 12.3 Å². The third-order valence-corrected chi connectivity index (χ3v) is 4.47. The lowest BCUT2D eigenvalue weighted by molar-refractivity contribution is -0.141. The molecular weight excluding hydrogens is 355 g/mol. The summed E-state index contributed by atoms with van der Waals surface area (Å²) in [5.41, 5.74) is 2.86. The third-order valence-electron chi connectivity index (χ3n) is 4.47. The predicted octanol–water partition coefficient (Wildman–Crippen LogP) is 3.51. The van der Waals surface area contributed by atoms with Crippen molar-refractivity contribution in [3.8, 4) is 11.4 Å². The van der Waals surface area contributed by atoms with Gasteiger partial charge in [0.25, 0.3) is 0 Å². The van der Waals surface area contributed by atoms with E-state index < -0.39 is 11.9 Å². The summed E-state index contributed by atoms with van der Waals surface area (Å²) >= 11 is 0. The summed E-state index contributed by atoms with van der Waals surface area (Å²) in [4.78, 5) is 18.8. The highest BCUT2D eigenvalue weighted by Gasteiger charge is 2.32. The zero-order chi connectivity index (χ0) is 18.9. The monoisotopic (exact) mass is 371 g/mol. The Morgan fingerprint density at radius 3 is 2.52 bits per heavy atom. The molecule has 138 valence electrons. The molecule has 3 aromatic heterocycles. The first kappa shape index (κ1) is 17.5. The summed E-state index contributed by atoms with van der Waals surface area (Å²) in [6.45, 7) is 1.98. The van der Waals surface area contributed by atoms with Gasteiger partial charge in [-0.25, -0.2) is 9.97 Å². The molecule has 0 spiro atoms. The van der Waals surface area contributed by atoms with E-state index in [1.54, 1.807) is 12.4 Å². The van der Waals surface area contributed by atoms with Crippen LogP contribution in [0.4, 0.5) is 13.2 Å². The number of alkyl halides is 3. The molecule has 0 radical (unpaired) electrons. The first-order valence-corrected chi connectivity index (χ1v) is 8.49. The van der Waals surface area contributed by atoms with E-state index in [1.807, 2.05) is 18.3 Å². The number of aromatic nitrogens is 4. The van der Waals surface area contributed by atoms with Gasteiger partial charge in [-0.15, -0.1) is 0 Å². The summed E-state index contributed by atoms with van der Waals surface area (Å²) < 4.78 is 37.8. The Kier molecular flexibility index (Phi) is 4.57. The molecule has 0 saturated heterocycles. The standard InChI is InChI=1S/C19H16F3N5/c20-19(21,22)17-2-1-13(9-24-17)11-27-8-5-16-15(12-27)10-25-18(26-16)14-3-6-23-7-4-14/h1-4,6-7,9-10H,5,8,11-12H2. The van der Waals surface area contributed by atoms with Crippen molar-refractivity contribution in [3.63, 3.8) is 0 Å². The minimum Gasteiger partial charge on any atom is -0.294 e. The van der Waals surface area contributed by atoms with E-state index in [0.717, 1.165) is 41.4 Å². The van der Waals surface area contributed by atoms with Crippen molar-refractivity contribution in [3.05, 3.63) is 71.6 Å². The van der Waals surface area contributed by atoms with Crippen molar-refractivity contribution in [2.24, 2.45) is 0 Å². The van der Waals surface area contributed by atoms with Crippen molar-refractivity contribution in [1.29, 1.82) is 0 Å². The summed E-state index contributed by atoms with van der Waals surface area (Å²) in [7, 11) is 0. The van der Waals surface area contributed by atoms with Gasteiger partial charge in [-0.3, -0.25) is 14.9 Å². The lowest BCUT2D eigenvalue weighted by atomic mass is 10.1. The minimum atomic E-state index is -4.41. The van der Waals surface area contributed by atoms with Gasteiger partial charge >= 0.3 is 6.18 Å². The van der Waals surface area contributed by atoms with Crippen LogP contribution in [-0.2, 0) is 25.7 Å². The normalized spacial score (nSPS) is 14.8. The van der Waals surface area contributed by atoms with E-state index in [0.29, 0.717) is 18.9 Å². The molecule has 1 aliphatic heterocycles. The smallest absolute Gasteiger partial charge is 0.294 e. The zero-order valence-electron chi connectivity index (χ0n) is 14.3. The molecule has 4 heterocycles. The summed E-state index contributed by atoms with van der Waals surface area (Å²) in [5, 5.41) is 0. The van der Waals surface area contributed by atoms with Crippen LogP contribution in [0.5, 0.6) is 0 Å². The van der Waals surface area contributed by atoms with Gasteiger partial charge in [-0.2, -0.15) is 13.2 Å². The van der Waals surface area contributed by atoms with Crippen LogP contribution >= 0.6 is 0 Å². The fraction of sp³-hybridized carbons (Fsp3) is 0.263. The molecule has 27 heavy (non-hydrogen) atoms. The van der Waals surface area contributed by atoms with Crippen molar-refractivity contribution in [2.45, 2.75) is 25.7 Å². The van der Waals surface area contributed by atoms with Crippen LogP contribution in [0, 0.1) is 0 Å². The average Bonchev–Trinajstić information content (AvgIpc) is 2.68. The Morgan fingerprint density at radius 2 is 1.81 bits per heavy atom. The topological polar surface area (TPSA) is 54.8 Å². The number of rotatable bonds is 3. The number of fused-ring (bicyclic) bond motifs is 1. The molecule has 5 nitrogen and oxygen atoms in total. The molecule has 0 unspecified atom stereocenters. The second-order valence-electron chi connectivity index (χ2n) is 6.41. The quantitative estimate of drug-likeness (QED) is 0.705. The average molecular weight is 371 g/mol. The van der Waals surface area contributed by atoms with Crippen molar-refractivity contribution in [2.75, 3.05) is 6.54 Å². The van der Waals surface area contributed by atoms with Crippen LogP contribution in [0.1, 0.15) is 22.5 Å². The fourth-order valence-electron chi connectivity index (χ4n) is 3.09. The fourth-order valence-corrected chi connectivity index (χ4v) is 3.09. The number of hydrogen-bond donors (Lipinski definition) is 0. The molecule has 0 fully saturated rings. The summed E-state index contributed by atoms with van der Waals surface area (Å²) in [6, 6.07) is 6.24. The van der Waals surface area contributed by atoms with Gasteiger partial charge in [-0.05, 0) is 23.8 Å². The minimum absolute atomic E-state index is 0.538. The van der Waals surface area contributed by atoms with Gasteiger partial charge < -0.3 is 0 Å². The maximum absolute atomic E-state index is 12.6. The van der Waals surface area contributed by atoms with Crippen LogP contribution in [0.2, 0.25) is 0 Å². The van der Waals surface area contributed by atoms with Gasteiger partial charge in [0.1, 0.15) is 5.69 Å². The largest absolute Gasteiger partial charge is 0.433 e. The van der Waals surface area contributed by atoms with Crippen molar-refractivity contribution < 1.29 is 13.2 Å². The molecular formula is C19H16F3N5. The van der Waals surface area contributed by atoms with Gasteiger partial charge in [0.15, 0.2) is 5.82 Å². The lowest BCUT2D eigenvalue weighted by Crippen LogP contribution is -2.31. The zero-order valence-corrected chi connectivity index (χ0v) is 14.3. The Labute approximate surface area is 153 Å². The Balaban J connectivity index is 1.46. The second kappa shape index (κ2) is 7.03. The molecule has 1 aliphatic rings. The molecule has 0 aliphatic carbocycles. The van der Waals surface area contributed by atoms with Crippen LogP contribution in [-0.4, -0.2) is 31.4 Å². The van der Waals surface area contributed by atoms with Gasteiger partial charge in [0.05, 0.1) is 5.69 Å². The van der Waals surface area contributed by atoms with Gasteiger partial charge in [0.2, 0.25) is 0 Å². The van der Waals surface area contributed by atoms with Crippen LogP contribution in [0.15, 0.2) is 49.1 Å². The first-order chi connectivity index (χ1) is 13.0. The third kappa shape index (κ3) is 3.95. The van der Waals surface area contributed by atoms with Crippen LogP contribution < -0.4 is 0 Å². The maximum Gasteiger partial charge on any atom is 0.433 e. The van der Waals surface area contributed by atoms with Crippen molar-refractivity contribution >= 4 is 0 Å². The highest BCUT2D eigenvalue weighted by atomic mass is 19.4. The first-order valence-electron chi connectivity index (χ1n) is 8.49. The van der Waals surface area contributed by atoms with E-state index in [4.69, 9.17) is 0 Å². The highest BCUT2D eigenvalue weighted by Crippen LogP contribution is 2.27. The van der Waals surface area contributed by atoms with E-state index >= 15 is 0 Å². The number of halogens is 3. The molecule has 0 saturated carbocycles. The Hall–Kier alpha value is -2.87. The SMILES string of the molecule is FC(F)(F)c1ccc(CN2CCc3nc(-c4ccncc4)ncc3C2)cn1. The molecule has 3 aromatic rings. The Bertz CT molecular complexity index is 926. The summed E-state index contributed by atoms with van der Waals surface area (Å²) in [5.74, 6) is 0.677. The van der Waals surface area contributed by atoms with Crippen LogP contribution in [0.25, 0.3) is 11.4 Å².